The summed E-state index contributed by atoms with van der Waals surface area (Å²) in [7, 11) is 1.51. The Morgan fingerprint density at radius 1 is 0.842 bits per heavy atom. The van der Waals surface area contributed by atoms with Crippen LogP contribution in [0.2, 0.25) is 0 Å². The number of carbonyl (C=O) groups is 2. The molecule has 0 N–H and O–H groups in total. The van der Waals surface area contributed by atoms with Gasteiger partial charge < -0.3 is 14.2 Å². The van der Waals surface area contributed by atoms with Crippen LogP contribution in [0.1, 0.15) is 38.3 Å². The molecule has 0 aromatic heterocycles. The summed E-state index contributed by atoms with van der Waals surface area (Å²) < 4.78 is 17.3. The van der Waals surface area contributed by atoms with E-state index < -0.39 is 24.0 Å². The lowest BCUT2D eigenvalue weighted by atomic mass is 9.90. The molecule has 38 heavy (non-hydrogen) atoms. The molecular formula is C30H32N2O6. The van der Waals surface area contributed by atoms with Crippen molar-refractivity contribution < 1.29 is 28.6 Å². The van der Waals surface area contributed by atoms with Gasteiger partial charge in [-0.05, 0) is 55.3 Å². The van der Waals surface area contributed by atoms with Crippen LogP contribution in [0, 0.1) is 5.92 Å². The van der Waals surface area contributed by atoms with Crippen LogP contribution < -0.4 is 24.2 Å². The number of fused-ring (bicyclic) bond motifs is 1. The first-order valence-electron chi connectivity index (χ1n) is 13.0. The first-order valence-corrected chi connectivity index (χ1v) is 13.0. The summed E-state index contributed by atoms with van der Waals surface area (Å²) in [6.45, 7) is 5.07. The topological polar surface area (TPSA) is 77.5 Å². The maximum atomic E-state index is 14.0. The van der Waals surface area contributed by atoms with Gasteiger partial charge in [0.05, 0.1) is 37.7 Å². The number of hydrogen-bond acceptors (Lipinski definition) is 7. The van der Waals surface area contributed by atoms with E-state index in [1.54, 1.807) is 29.3 Å². The zero-order valence-corrected chi connectivity index (χ0v) is 21.8. The monoisotopic (exact) mass is 516 g/mol. The van der Waals surface area contributed by atoms with Crippen molar-refractivity contribution in [2.45, 2.75) is 38.8 Å². The molecule has 0 bridgehead atoms. The minimum atomic E-state index is -0.978. The lowest BCUT2D eigenvalue weighted by molar-refractivity contribution is -0.126. The molecule has 0 aliphatic carbocycles. The Morgan fingerprint density at radius 3 is 2.34 bits per heavy atom. The molecule has 3 aromatic rings. The van der Waals surface area contributed by atoms with Crippen LogP contribution in [-0.4, -0.2) is 38.2 Å². The molecule has 2 aliphatic rings. The zero-order valence-electron chi connectivity index (χ0n) is 21.8. The van der Waals surface area contributed by atoms with E-state index in [9.17, 15) is 9.59 Å². The standard InChI is InChI=1S/C30H32N2O6/c1-4-6-18-37-24-17-16-20(19-25(24)36-5-2)27-26-28(38-32(27)21-12-8-7-9-13-21)30(34)31(29(26)33)22-14-10-11-15-23(22)35-3/h7-17,19,26-28H,4-6,18H2,1-3H3. The Balaban J connectivity index is 1.56. The van der Waals surface area contributed by atoms with Crippen molar-refractivity contribution in [2.24, 2.45) is 5.92 Å². The van der Waals surface area contributed by atoms with Gasteiger partial charge in [0.2, 0.25) is 5.91 Å². The second-order valence-corrected chi connectivity index (χ2v) is 9.18. The molecule has 2 heterocycles. The molecule has 198 valence electrons. The fourth-order valence-electron chi connectivity index (χ4n) is 5.03. The van der Waals surface area contributed by atoms with Gasteiger partial charge in [0.1, 0.15) is 11.7 Å². The van der Waals surface area contributed by atoms with Gasteiger partial charge in [-0.3, -0.25) is 14.4 Å². The predicted octanol–water partition coefficient (Wildman–Crippen LogP) is 5.32. The summed E-state index contributed by atoms with van der Waals surface area (Å²) >= 11 is 0. The van der Waals surface area contributed by atoms with Crippen molar-refractivity contribution in [1.82, 2.24) is 0 Å². The van der Waals surface area contributed by atoms with Gasteiger partial charge in [-0.2, -0.15) is 0 Å². The van der Waals surface area contributed by atoms with Gasteiger partial charge in [0.15, 0.2) is 17.6 Å². The number of benzene rings is 3. The van der Waals surface area contributed by atoms with E-state index >= 15 is 0 Å². The van der Waals surface area contributed by atoms with Crippen LogP contribution >= 0.6 is 0 Å². The van der Waals surface area contributed by atoms with Crippen LogP contribution in [0.3, 0.4) is 0 Å². The number of amides is 2. The Morgan fingerprint density at radius 2 is 1.61 bits per heavy atom. The van der Waals surface area contributed by atoms with E-state index in [0.717, 1.165) is 24.1 Å². The van der Waals surface area contributed by atoms with Crippen molar-refractivity contribution >= 4 is 23.2 Å². The summed E-state index contributed by atoms with van der Waals surface area (Å²) in [5, 5.41) is 1.67. The highest BCUT2D eigenvalue weighted by atomic mass is 16.7. The van der Waals surface area contributed by atoms with E-state index in [1.165, 1.54) is 12.0 Å². The molecule has 3 unspecified atom stereocenters. The largest absolute Gasteiger partial charge is 0.495 e. The summed E-state index contributed by atoms with van der Waals surface area (Å²) in [5.41, 5.74) is 1.94. The molecule has 2 saturated heterocycles. The quantitative estimate of drug-likeness (QED) is 0.266. The SMILES string of the molecule is CCCCOc1ccc(C2C3C(=O)N(c4ccccc4OC)C(=O)C3ON2c2ccccc2)cc1OCC. The molecule has 2 aliphatic heterocycles. The third-order valence-electron chi connectivity index (χ3n) is 6.82. The van der Waals surface area contributed by atoms with Gasteiger partial charge in [-0.25, -0.2) is 9.96 Å². The highest BCUT2D eigenvalue weighted by Crippen LogP contribution is 2.49. The second-order valence-electron chi connectivity index (χ2n) is 9.18. The number of methoxy groups -OCH3 is 1. The summed E-state index contributed by atoms with van der Waals surface area (Å²) in [6.07, 6.45) is 0.980. The smallest absolute Gasteiger partial charge is 0.266 e. The molecule has 3 aromatic carbocycles. The fourth-order valence-corrected chi connectivity index (χ4v) is 5.03. The third kappa shape index (κ3) is 4.56. The van der Waals surface area contributed by atoms with Crippen LogP contribution in [0.25, 0.3) is 0 Å². The van der Waals surface area contributed by atoms with E-state index in [-0.39, 0.29) is 5.91 Å². The molecule has 3 atom stereocenters. The molecule has 8 nitrogen and oxygen atoms in total. The second kappa shape index (κ2) is 11.1. The zero-order chi connectivity index (χ0) is 26.6. The number of imide groups is 1. The summed E-state index contributed by atoms with van der Waals surface area (Å²) in [4.78, 5) is 35.1. The van der Waals surface area contributed by atoms with Crippen LogP contribution in [0.5, 0.6) is 17.2 Å². The molecule has 8 heteroatoms. The van der Waals surface area contributed by atoms with Crippen LogP contribution in [-0.2, 0) is 14.4 Å². The number of nitrogens with zero attached hydrogens (tertiary/aromatic N) is 2. The van der Waals surface area contributed by atoms with Gasteiger partial charge in [0, 0.05) is 0 Å². The summed E-state index contributed by atoms with van der Waals surface area (Å²) in [6, 6.07) is 21.6. The van der Waals surface area contributed by atoms with E-state index in [0.29, 0.717) is 36.1 Å². The number of para-hydroxylation sites is 3. The Labute approximate surface area is 222 Å². The van der Waals surface area contributed by atoms with Crippen molar-refractivity contribution in [3.05, 3.63) is 78.4 Å². The number of hydrogen-bond donors (Lipinski definition) is 0. The molecule has 0 radical (unpaired) electrons. The summed E-state index contributed by atoms with van der Waals surface area (Å²) in [5.74, 6) is 0.157. The van der Waals surface area contributed by atoms with Gasteiger partial charge >= 0.3 is 0 Å². The minimum Gasteiger partial charge on any atom is -0.495 e. The predicted molar refractivity (Wildman–Crippen MR) is 144 cm³/mol. The third-order valence-corrected chi connectivity index (χ3v) is 6.82. The molecule has 5 rings (SSSR count). The first kappa shape index (κ1) is 25.6. The molecular weight excluding hydrogens is 484 g/mol. The number of ether oxygens (including phenoxy) is 3. The average Bonchev–Trinajstić information content (AvgIpc) is 3.45. The Bertz CT molecular complexity index is 1300. The molecule has 0 spiro atoms. The van der Waals surface area contributed by atoms with Crippen molar-refractivity contribution in [3.8, 4) is 17.2 Å². The normalized spacial score (nSPS) is 20.6. The number of anilines is 2. The van der Waals surface area contributed by atoms with Crippen molar-refractivity contribution in [2.75, 3.05) is 30.3 Å². The van der Waals surface area contributed by atoms with Crippen molar-refractivity contribution in [3.63, 3.8) is 0 Å². The van der Waals surface area contributed by atoms with E-state index in [4.69, 9.17) is 19.0 Å². The van der Waals surface area contributed by atoms with Crippen LogP contribution in [0.4, 0.5) is 11.4 Å². The lowest BCUT2D eigenvalue weighted by Crippen LogP contribution is -2.37. The number of rotatable bonds is 10. The number of hydroxylamine groups is 1. The number of unbranched alkanes of at least 4 members (excludes halogenated alkanes) is 1. The maximum absolute atomic E-state index is 14.0. The van der Waals surface area contributed by atoms with Gasteiger partial charge in [-0.15, -0.1) is 0 Å². The van der Waals surface area contributed by atoms with E-state index in [1.807, 2.05) is 55.5 Å². The lowest BCUT2D eigenvalue weighted by Gasteiger charge is -2.29. The fraction of sp³-hybridized carbons (Fsp3) is 0.333. The van der Waals surface area contributed by atoms with Gasteiger partial charge in [0.25, 0.3) is 5.91 Å². The minimum absolute atomic E-state index is 0.339. The number of carbonyl (C=O) groups excluding carboxylic acids is 2. The maximum Gasteiger partial charge on any atom is 0.266 e. The van der Waals surface area contributed by atoms with Crippen LogP contribution in [0.15, 0.2) is 72.8 Å². The van der Waals surface area contributed by atoms with Crippen molar-refractivity contribution in [1.29, 1.82) is 0 Å². The Hall–Kier alpha value is -4.04. The molecule has 2 fully saturated rings. The molecule has 0 saturated carbocycles. The average molecular weight is 517 g/mol. The first-order chi connectivity index (χ1) is 18.6. The Kier molecular flexibility index (Phi) is 7.51. The highest BCUT2D eigenvalue weighted by molar-refractivity contribution is 6.24. The van der Waals surface area contributed by atoms with E-state index in [2.05, 4.69) is 6.92 Å². The molecule has 2 amide bonds. The highest BCUT2D eigenvalue weighted by Gasteiger charge is 2.60. The van der Waals surface area contributed by atoms with Gasteiger partial charge in [-0.1, -0.05) is 49.7 Å².